The number of nitrogens with one attached hydrogen (secondary N) is 1. The van der Waals surface area contributed by atoms with Gasteiger partial charge in [-0.25, -0.2) is 0 Å². The van der Waals surface area contributed by atoms with Crippen LogP contribution in [0.4, 0.5) is 5.69 Å². The van der Waals surface area contributed by atoms with Gasteiger partial charge in [0.2, 0.25) is 0 Å². The van der Waals surface area contributed by atoms with Crippen LogP contribution in [0.25, 0.3) is 0 Å². The molecule has 1 fully saturated rings. The summed E-state index contributed by atoms with van der Waals surface area (Å²) in [6.07, 6.45) is 5.05. The first-order valence-corrected chi connectivity index (χ1v) is 7.65. The van der Waals surface area contributed by atoms with Crippen LogP contribution in [0.3, 0.4) is 0 Å². The Labute approximate surface area is 126 Å². The Kier molecular flexibility index (Phi) is 4.71. The maximum absolute atomic E-state index is 12.2. The minimum absolute atomic E-state index is 0.0572. The predicted molar refractivity (Wildman–Crippen MR) is 84.1 cm³/mol. The van der Waals surface area contributed by atoms with Crippen LogP contribution in [0, 0.1) is 6.92 Å². The summed E-state index contributed by atoms with van der Waals surface area (Å²) in [6, 6.07) is 6.25. The highest BCUT2D eigenvalue weighted by molar-refractivity contribution is 6.31. The number of nitrogens with zero attached hydrogens (tertiary/aromatic N) is 1. The molecule has 1 aliphatic rings. The number of likely N-dealkylation sites (N-methyl/N-ethyl adjacent to an activating group) is 1. The van der Waals surface area contributed by atoms with Gasteiger partial charge in [-0.3, -0.25) is 4.79 Å². The summed E-state index contributed by atoms with van der Waals surface area (Å²) in [4.78, 5) is 12.2. The van der Waals surface area contributed by atoms with E-state index in [0.717, 1.165) is 15.7 Å². The van der Waals surface area contributed by atoms with Crippen molar-refractivity contribution in [1.82, 2.24) is 0 Å². The fourth-order valence-electron chi connectivity index (χ4n) is 2.97. The standard InChI is InChI=1S/C16H23ClN2O/c1-12-8-9-13(10-15(12)17)18-16(20)11-19(2,3)14-6-4-5-7-14/h8-10,14H,4-7,11H2,1-3H3/p+1. The number of hydrogen-bond donors (Lipinski definition) is 1. The van der Waals surface area contributed by atoms with Crippen molar-refractivity contribution in [2.75, 3.05) is 26.0 Å². The van der Waals surface area contributed by atoms with E-state index >= 15 is 0 Å². The van der Waals surface area contributed by atoms with Crippen molar-refractivity contribution in [3.05, 3.63) is 28.8 Å². The number of halogens is 1. The van der Waals surface area contributed by atoms with Crippen molar-refractivity contribution in [3.63, 3.8) is 0 Å². The van der Waals surface area contributed by atoms with Crippen LogP contribution in [0.1, 0.15) is 31.2 Å². The van der Waals surface area contributed by atoms with Gasteiger partial charge in [0.1, 0.15) is 0 Å². The lowest BCUT2D eigenvalue weighted by atomic mass is 10.2. The Morgan fingerprint density at radius 3 is 2.60 bits per heavy atom. The Hall–Kier alpha value is -1.06. The van der Waals surface area contributed by atoms with E-state index in [0.29, 0.717) is 17.6 Å². The van der Waals surface area contributed by atoms with Crippen molar-refractivity contribution >= 4 is 23.2 Å². The smallest absolute Gasteiger partial charge is 0.279 e. The second-order valence-corrected chi connectivity index (χ2v) is 6.79. The Balaban J connectivity index is 1.96. The molecule has 1 aliphatic carbocycles. The molecule has 0 heterocycles. The summed E-state index contributed by atoms with van der Waals surface area (Å²) in [5.74, 6) is 0.0572. The average Bonchev–Trinajstić information content (AvgIpc) is 2.87. The molecule has 3 nitrogen and oxygen atoms in total. The van der Waals surface area contributed by atoms with Gasteiger partial charge in [-0.2, -0.15) is 0 Å². The number of benzene rings is 1. The second-order valence-electron chi connectivity index (χ2n) is 6.39. The number of amides is 1. The van der Waals surface area contributed by atoms with E-state index in [4.69, 9.17) is 11.6 Å². The summed E-state index contributed by atoms with van der Waals surface area (Å²) >= 11 is 6.08. The molecule has 1 aromatic rings. The fourth-order valence-corrected chi connectivity index (χ4v) is 3.15. The van der Waals surface area contributed by atoms with Gasteiger partial charge in [-0.05, 0) is 50.3 Å². The SMILES string of the molecule is Cc1ccc(NC(=O)C[N+](C)(C)C2CCCC2)cc1Cl. The molecule has 1 saturated carbocycles. The highest BCUT2D eigenvalue weighted by atomic mass is 35.5. The van der Waals surface area contributed by atoms with Crippen LogP contribution in [0.5, 0.6) is 0 Å². The van der Waals surface area contributed by atoms with Gasteiger partial charge in [0, 0.05) is 10.7 Å². The third-order valence-corrected chi connectivity index (χ3v) is 4.73. The van der Waals surface area contributed by atoms with Gasteiger partial charge in [-0.15, -0.1) is 0 Å². The zero-order chi connectivity index (χ0) is 14.8. The van der Waals surface area contributed by atoms with E-state index in [-0.39, 0.29) is 5.91 Å². The van der Waals surface area contributed by atoms with Gasteiger partial charge >= 0.3 is 0 Å². The van der Waals surface area contributed by atoms with Crippen LogP contribution < -0.4 is 5.32 Å². The number of rotatable bonds is 4. The van der Waals surface area contributed by atoms with Crippen molar-refractivity contribution in [1.29, 1.82) is 0 Å². The Bertz CT molecular complexity index is 493. The molecule has 0 aliphatic heterocycles. The van der Waals surface area contributed by atoms with Gasteiger partial charge in [0.25, 0.3) is 5.91 Å². The molecule has 2 rings (SSSR count). The summed E-state index contributed by atoms with van der Waals surface area (Å²) in [7, 11) is 4.30. The number of hydrogen-bond acceptors (Lipinski definition) is 1. The lowest BCUT2D eigenvalue weighted by Gasteiger charge is -2.35. The fraction of sp³-hybridized carbons (Fsp3) is 0.562. The molecule has 110 valence electrons. The van der Waals surface area contributed by atoms with E-state index in [9.17, 15) is 4.79 Å². The van der Waals surface area contributed by atoms with Crippen LogP contribution in [-0.4, -0.2) is 37.1 Å². The normalized spacial score (nSPS) is 16.4. The van der Waals surface area contributed by atoms with E-state index in [2.05, 4.69) is 19.4 Å². The van der Waals surface area contributed by atoms with Crippen LogP contribution in [0.15, 0.2) is 18.2 Å². The first-order valence-electron chi connectivity index (χ1n) is 7.27. The average molecular weight is 296 g/mol. The van der Waals surface area contributed by atoms with Crippen molar-refractivity contribution < 1.29 is 9.28 Å². The third kappa shape index (κ3) is 3.74. The second kappa shape index (κ2) is 6.15. The van der Waals surface area contributed by atoms with Crippen LogP contribution >= 0.6 is 11.6 Å². The molecule has 0 atom stereocenters. The number of aryl methyl sites for hydroxylation is 1. The molecule has 0 aromatic heterocycles. The number of carbonyl (C=O) groups is 1. The monoisotopic (exact) mass is 295 g/mol. The zero-order valence-electron chi connectivity index (χ0n) is 12.6. The highest BCUT2D eigenvalue weighted by Gasteiger charge is 2.32. The topological polar surface area (TPSA) is 29.1 Å². The molecule has 0 saturated heterocycles. The molecular formula is C16H24ClN2O+. The molecule has 0 radical (unpaired) electrons. The third-order valence-electron chi connectivity index (χ3n) is 4.32. The van der Waals surface area contributed by atoms with E-state index < -0.39 is 0 Å². The minimum Gasteiger partial charge on any atom is -0.321 e. The molecule has 0 unspecified atom stereocenters. The minimum atomic E-state index is 0.0572. The lowest BCUT2D eigenvalue weighted by Crippen LogP contribution is -2.51. The largest absolute Gasteiger partial charge is 0.321 e. The Morgan fingerprint density at radius 1 is 1.35 bits per heavy atom. The summed E-state index contributed by atoms with van der Waals surface area (Å²) in [5, 5.41) is 3.64. The maximum atomic E-state index is 12.2. The summed E-state index contributed by atoms with van der Waals surface area (Å²) in [5.41, 5.74) is 1.80. The molecule has 20 heavy (non-hydrogen) atoms. The molecule has 1 N–H and O–H groups in total. The molecule has 1 aromatic carbocycles. The Morgan fingerprint density at radius 2 is 2.00 bits per heavy atom. The van der Waals surface area contributed by atoms with Gasteiger partial charge < -0.3 is 9.80 Å². The predicted octanol–water partition coefficient (Wildman–Crippen LogP) is 3.61. The summed E-state index contributed by atoms with van der Waals surface area (Å²) < 4.78 is 0.769. The molecule has 0 bridgehead atoms. The first-order chi connectivity index (χ1) is 9.38. The van der Waals surface area contributed by atoms with Crippen molar-refractivity contribution in [3.8, 4) is 0 Å². The van der Waals surface area contributed by atoms with E-state index in [1.807, 2.05) is 25.1 Å². The lowest BCUT2D eigenvalue weighted by molar-refractivity contribution is -0.906. The molecule has 4 heteroatoms. The van der Waals surface area contributed by atoms with E-state index in [1.54, 1.807) is 0 Å². The molecule has 0 spiro atoms. The quantitative estimate of drug-likeness (QED) is 0.845. The van der Waals surface area contributed by atoms with E-state index in [1.165, 1.54) is 25.7 Å². The molecular weight excluding hydrogens is 272 g/mol. The van der Waals surface area contributed by atoms with Crippen LogP contribution in [-0.2, 0) is 4.79 Å². The van der Waals surface area contributed by atoms with Gasteiger partial charge in [-0.1, -0.05) is 17.7 Å². The number of quaternary nitrogens is 1. The van der Waals surface area contributed by atoms with Crippen molar-refractivity contribution in [2.45, 2.75) is 38.6 Å². The van der Waals surface area contributed by atoms with Gasteiger partial charge in [0.15, 0.2) is 6.54 Å². The number of anilines is 1. The summed E-state index contributed by atoms with van der Waals surface area (Å²) in [6.45, 7) is 2.46. The van der Waals surface area contributed by atoms with Crippen molar-refractivity contribution in [2.24, 2.45) is 0 Å². The molecule has 1 amide bonds. The first kappa shape index (κ1) is 15.3. The highest BCUT2D eigenvalue weighted by Crippen LogP contribution is 2.26. The van der Waals surface area contributed by atoms with Crippen LogP contribution in [0.2, 0.25) is 5.02 Å². The zero-order valence-corrected chi connectivity index (χ0v) is 13.3. The van der Waals surface area contributed by atoms with Gasteiger partial charge in [0.05, 0.1) is 20.1 Å². The number of carbonyl (C=O) groups excluding carboxylic acids is 1. The maximum Gasteiger partial charge on any atom is 0.279 e.